The Bertz CT molecular complexity index is 893. The van der Waals surface area contributed by atoms with Crippen LogP contribution in [0.2, 0.25) is 0 Å². The molecule has 2 atom stereocenters. The molecule has 0 spiro atoms. The monoisotopic (exact) mass is 443 g/mol. The lowest BCUT2D eigenvalue weighted by atomic mass is 10.0. The first-order chi connectivity index (χ1) is 15.0. The number of anilines is 1. The summed E-state index contributed by atoms with van der Waals surface area (Å²) in [5.74, 6) is 1.37. The second-order valence-corrected chi connectivity index (χ2v) is 9.95. The van der Waals surface area contributed by atoms with Crippen LogP contribution in [-0.4, -0.2) is 34.7 Å². The smallest absolute Gasteiger partial charge is 0.265 e. The van der Waals surface area contributed by atoms with E-state index in [0.29, 0.717) is 37.0 Å². The maximum Gasteiger partial charge on any atom is 0.265 e. The quantitative estimate of drug-likeness (QED) is 0.590. The molecule has 1 amide bonds. The van der Waals surface area contributed by atoms with Crippen LogP contribution in [0.1, 0.15) is 57.1 Å². The van der Waals surface area contributed by atoms with Crippen LogP contribution in [0.15, 0.2) is 48.5 Å². The van der Waals surface area contributed by atoms with Crippen molar-refractivity contribution in [1.29, 1.82) is 0 Å². The van der Waals surface area contributed by atoms with Gasteiger partial charge in [-0.25, -0.2) is 0 Å². The van der Waals surface area contributed by atoms with Gasteiger partial charge < -0.3 is 14.8 Å². The number of benzene rings is 2. The Hall–Kier alpha value is -2.18. The molecule has 0 aliphatic carbocycles. The lowest BCUT2D eigenvalue weighted by Crippen LogP contribution is -2.32. The number of ether oxygens (including phenoxy) is 2. The average molecular weight is 444 g/mol. The van der Waals surface area contributed by atoms with Gasteiger partial charge in [-0.1, -0.05) is 51.1 Å². The first-order valence-corrected chi connectivity index (χ1v) is 12.5. The first kappa shape index (κ1) is 23.5. The zero-order valence-electron chi connectivity index (χ0n) is 18.6. The number of hydrogen-bond acceptors (Lipinski definition) is 4. The summed E-state index contributed by atoms with van der Waals surface area (Å²) < 4.78 is 24.2. The molecule has 0 aromatic heterocycles. The third kappa shape index (κ3) is 6.65. The van der Waals surface area contributed by atoms with Gasteiger partial charge in [0.05, 0.1) is 0 Å². The predicted octanol–water partition coefficient (Wildman–Crippen LogP) is 5.03. The Morgan fingerprint density at radius 2 is 1.90 bits per heavy atom. The van der Waals surface area contributed by atoms with E-state index in [0.717, 1.165) is 29.7 Å². The van der Waals surface area contributed by atoms with Crippen LogP contribution in [0.4, 0.5) is 5.69 Å². The molecule has 1 N–H and O–H groups in total. The van der Waals surface area contributed by atoms with Gasteiger partial charge in [0.1, 0.15) is 5.75 Å². The van der Waals surface area contributed by atoms with Gasteiger partial charge in [-0.2, -0.15) is 0 Å². The van der Waals surface area contributed by atoms with Gasteiger partial charge in [-0.05, 0) is 54.5 Å². The van der Waals surface area contributed by atoms with Crippen molar-refractivity contribution in [2.24, 2.45) is 0 Å². The minimum atomic E-state index is -0.940. The fourth-order valence-corrected chi connectivity index (χ4v) is 5.18. The number of nitrogens with one attached hydrogen (secondary N) is 1. The maximum atomic E-state index is 12.9. The second kappa shape index (κ2) is 11.4. The van der Waals surface area contributed by atoms with E-state index in [-0.39, 0.29) is 11.2 Å². The second-order valence-electron chi connectivity index (χ2n) is 8.23. The van der Waals surface area contributed by atoms with Gasteiger partial charge in [-0.3, -0.25) is 9.00 Å². The zero-order chi connectivity index (χ0) is 22.2. The molecule has 2 aromatic carbocycles. The van der Waals surface area contributed by atoms with Crippen molar-refractivity contribution in [2.45, 2.75) is 63.1 Å². The molecule has 1 aliphatic heterocycles. The SMILES string of the molecule is CCC(Oc1ccccc1C(C)C)C(=O)Nc1cccc(CS(=O)C2CCOCC2)c1. The molecule has 0 saturated carbocycles. The fraction of sp³-hybridized carbons (Fsp3) is 0.480. The van der Waals surface area contributed by atoms with Crippen LogP contribution in [0.25, 0.3) is 0 Å². The highest BCUT2D eigenvalue weighted by Crippen LogP contribution is 2.27. The lowest BCUT2D eigenvalue weighted by Gasteiger charge is -2.22. The van der Waals surface area contributed by atoms with Gasteiger partial charge in [0.2, 0.25) is 0 Å². The normalized spacial score (nSPS) is 16.6. The van der Waals surface area contributed by atoms with E-state index in [9.17, 15) is 9.00 Å². The molecule has 1 heterocycles. The van der Waals surface area contributed by atoms with Crippen molar-refractivity contribution >= 4 is 22.4 Å². The Labute approximate surface area is 188 Å². The molecular weight excluding hydrogens is 410 g/mol. The summed E-state index contributed by atoms with van der Waals surface area (Å²) in [5.41, 5.74) is 2.75. The number of rotatable bonds is 9. The van der Waals surface area contributed by atoms with Crippen LogP contribution >= 0.6 is 0 Å². The molecule has 5 nitrogen and oxygen atoms in total. The first-order valence-electron chi connectivity index (χ1n) is 11.1. The topological polar surface area (TPSA) is 64.6 Å². The molecule has 1 saturated heterocycles. The van der Waals surface area contributed by atoms with E-state index >= 15 is 0 Å². The predicted molar refractivity (Wildman–Crippen MR) is 126 cm³/mol. The summed E-state index contributed by atoms with van der Waals surface area (Å²) in [5, 5.41) is 3.16. The van der Waals surface area contributed by atoms with Gasteiger partial charge in [-0.15, -0.1) is 0 Å². The van der Waals surface area contributed by atoms with Gasteiger partial charge in [0.15, 0.2) is 6.10 Å². The van der Waals surface area contributed by atoms with Crippen molar-refractivity contribution in [3.63, 3.8) is 0 Å². The third-order valence-corrected chi connectivity index (χ3v) is 7.35. The molecule has 1 aliphatic rings. The number of hydrogen-bond donors (Lipinski definition) is 1. The van der Waals surface area contributed by atoms with E-state index in [1.807, 2.05) is 55.5 Å². The van der Waals surface area contributed by atoms with E-state index in [1.54, 1.807) is 0 Å². The molecule has 6 heteroatoms. The summed E-state index contributed by atoms with van der Waals surface area (Å²) in [6.07, 6.45) is 1.67. The average Bonchev–Trinajstić information content (AvgIpc) is 2.78. The van der Waals surface area contributed by atoms with Gasteiger partial charge in [0, 0.05) is 40.7 Å². The number of amides is 1. The minimum absolute atomic E-state index is 0.177. The maximum absolute atomic E-state index is 12.9. The Balaban J connectivity index is 1.64. The molecule has 168 valence electrons. The van der Waals surface area contributed by atoms with Crippen LogP contribution in [0.3, 0.4) is 0 Å². The van der Waals surface area contributed by atoms with E-state index < -0.39 is 16.9 Å². The molecule has 0 radical (unpaired) electrons. The molecule has 2 aromatic rings. The van der Waals surface area contributed by atoms with Gasteiger partial charge >= 0.3 is 0 Å². The summed E-state index contributed by atoms with van der Waals surface area (Å²) >= 11 is 0. The van der Waals surface area contributed by atoms with Crippen LogP contribution in [0.5, 0.6) is 5.75 Å². The zero-order valence-corrected chi connectivity index (χ0v) is 19.5. The minimum Gasteiger partial charge on any atom is -0.480 e. The van der Waals surface area contributed by atoms with Crippen molar-refractivity contribution in [2.75, 3.05) is 18.5 Å². The number of para-hydroxylation sites is 1. The van der Waals surface area contributed by atoms with E-state index in [1.165, 1.54) is 0 Å². The summed E-state index contributed by atoms with van der Waals surface area (Å²) in [6, 6.07) is 15.5. The number of carbonyl (C=O) groups is 1. The van der Waals surface area contributed by atoms with Gasteiger partial charge in [0.25, 0.3) is 5.91 Å². The van der Waals surface area contributed by atoms with Crippen LogP contribution < -0.4 is 10.1 Å². The van der Waals surface area contributed by atoms with Crippen molar-refractivity contribution in [3.8, 4) is 5.75 Å². The van der Waals surface area contributed by atoms with Crippen LogP contribution in [-0.2, 0) is 26.1 Å². The molecule has 3 rings (SSSR count). The highest BCUT2D eigenvalue weighted by molar-refractivity contribution is 7.84. The van der Waals surface area contributed by atoms with Crippen LogP contribution in [0, 0.1) is 0 Å². The standard InChI is InChI=1S/C25H33NO4S/c1-4-23(30-24-11-6-5-10-22(24)18(2)3)25(27)26-20-9-7-8-19(16-20)17-31(28)21-12-14-29-15-13-21/h5-11,16,18,21,23H,4,12-15,17H2,1-3H3,(H,26,27). The fourth-order valence-electron chi connectivity index (χ4n) is 3.72. The van der Waals surface area contributed by atoms with Crippen molar-refractivity contribution in [3.05, 3.63) is 59.7 Å². The molecule has 2 unspecified atom stereocenters. The molecule has 0 bridgehead atoms. The summed E-state index contributed by atoms with van der Waals surface area (Å²) in [7, 11) is -0.940. The van der Waals surface area contributed by atoms with E-state index in [2.05, 4.69) is 19.2 Å². The lowest BCUT2D eigenvalue weighted by molar-refractivity contribution is -0.122. The third-order valence-electron chi connectivity index (χ3n) is 5.52. The highest BCUT2D eigenvalue weighted by atomic mass is 32.2. The van der Waals surface area contributed by atoms with E-state index in [4.69, 9.17) is 9.47 Å². The Kier molecular flexibility index (Phi) is 8.67. The Morgan fingerprint density at radius 3 is 2.61 bits per heavy atom. The van der Waals surface area contributed by atoms with Crippen molar-refractivity contribution < 1.29 is 18.5 Å². The number of carbonyl (C=O) groups excluding carboxylic acids is 1. The van der Waals surface area contributed by atoms with Crippen molar-refractivity contribution in [1.82, 2.24) is 0 Å². The summed E-state index contributed by atoms with van der Waals surface area (Å²) in [4.78, 5) is 12.9. The summed E-state index contributed by atoms with van der Waals surface area (Å²) in [6.45, 7) is 7.53. The molecule has 1 fully saturated rings. The molecular formula is C25H33NO4S. The molecule has 31 heavy (non-hydrogen) atoms. The Morgan fingerprint density at radius 1 is 1.16 bits per heavy atom. The highest BCUT2D eigenvalue weighted by Gasteiger charge is 2.22. The largest absolute Gasteiger partial charge is 0.480 e.